The number of nitro benzene ring substituents is 2. The molecule has 0 aliphatic rings. The quantitative estimate of drug-likeness (QED) is 0.101. The third-order valence-corrected chi connectivity index (χ3v) is 9.75. The van der Waals surface area contributed by atoms with E-state index < -0.39 is 9.85 Å². The summed E-state index contributed by atoms with van der Waals surface area (Å²) in [6, 6.07) is 9.13. The van der Waals surface area contributed by atoms with Crippen LogP contribution in [0.25, 0.3) is 0 Å². The van der Waals surface area contributed by atoms with E-state index in [2.05, 4.69) is 0 Å². The summed E-state index contributed by atoms with van der Waals surface area (Å²) in [4.78, 5) is 20.6. The number of aryl methyl sites for hydroxylation is 2. The Balaban J connectivity index is 1.41. The van der Waals surface area contributed by atoms with Gasteiger partial charge < -0.3 is 10.2 Å². The van der Waals surface area contributed by atoms with Gasteiger partial charge in [0.2, 0.25) is 0 Å². The Morgan fingerprint density at radius 2 is 1.06 bits per heavy atom. The molecule has 0 amide bonds. The Labute approximate surface area is 215 Å². The number of nitro groups is 2. The zero-order chi connectivity index (χ0) is 24.8. The molecule has 0 spiro atoms. The fraction of sp³-hybridized carbons (Fsp3) is 0.455. The van der Waals surface area contributed by atoms with Gasteiger partial charge >= 0.3 is 11.4 Å². The second-order valence-corrected chi connectivity index (χ2v) is 12.4. The predicted octanol–water partition coefficient (Wildman–Crippen LogP) is 6.33. The molecule has 0 atom stereocenters. The first-order valence-corrected chi connectivity index (χ1v) is 15.5. The maximum atomic E-state index is 10.9. The van der Waals surface area contributed by atoms with Gasteiger partial charge in [0.15, 0.2) is 11.5 Å². The topological polar surface area (TPSA) is 127 Å². The summed E-state index contributed by atoms with van der Waals surface area (Å²) in [7, 11) is 3.75. The Bertz CT molecular complexity index is 872. The van der Waals surface area contributed by atoms with Gasteiger partial charge in [0, 0.05) is 35.1 Å². The second-order valence-electron chi connectivity index (χ2n) is 7.24. The molecular formula is C22H28N2O6S4. The SMILES string of the molecule is O=[N+]([O-])c1cc(CCCSCCSSCCSCCCc2ccc(O)c([N+](=O)[O-])c2)ccc1O. The number of thioether (sulfide) groups is 2. The van der Waals surface area contributed by atoms with E-state index >= 15 is 0 Å². The van der Waals surface area contributed by atoms with Gasteiger partial charge in [0.05, 0.1) is 9.85 Å². The highest BCUT2D eigenvalue weighted by Gasteiger charge is 2.14. The van der Waals surface area contributed by atoms with E-state index in [-0.39, 0.29) is 22.9 Å². The molecular weight excluding hydrogens is 517 g/mol. The highest BCUT2D eigenvalue weighted by molar-refractivity contribution is 8.76. The Hall–Kier alpha value is -1.76. The Morgan fingerprint density at radius 3 is 1.44 bits per heavy atom. The minimum atomic E-state index is -0.561. The second kappa shape index (κ2) is 16.0. The van der Waals surface area contributed by atoms with Gasteiger partial charge in [-0.05, 0) is 60.4 Å². The van der Waals surface area contributed by atoms with Crippen LogP contribution in [0.15, 0.2) is 36.4 Å². The van der Waals surface area contributed by atoms with Crippen molar-refractivity contribution in [3.05, 3.63) is 67.8 Å². The monoisotopic (exact) mass is 544 g/mol. The molecule has 8 nitrogen and oxygen atoms in total. The third kappa shape index (κ3) is 10.7. The number of phenolic OH excluding ortho intramolecular Hbond substituents is 2. The van der Waals surface area contributed by atoms with Crippen molar-refractivity contribution in [3.8, 4) is 11.5 Å². The lowest BCUT2D eigenvalue weighted by atomic mass is 10.1. The molecule has 12 heteroatoms. The summed E-state index contributed by atoms with van der Waals surface area (Å²) in [6.07, 6.45) is 3.41. The molecule has 0 aliphatic carbocycles. The zero-order valence-corrected chi connectivity index (χ0v) is 21.9. The van der Waals surface area contributed by atoms with Gasteiger partial charge in [-0.3, -0.25) is 20.2 Å². The molecule has 0 saturated carbocycles. The number of rotatable bonds is 17. The van der Waals surface area contributed by atoms with Crippen LogP contribution < -0.4 is 0 Å². The van der Waals surface area contributed by atoms with Crippen LogP contribution in [0, 0.1) is 20.2 Å². The minimum Gasteiger partial charge on any atom is -0.502 e. The molecule has 2 rings (SSSR count). The van der Waals surface area contributed by atoms with Gasteiger partial charge in [-0.25, -0.2) is 0 Å². The minimum absolute atomic E-state index is 0.236. The van der Waals surface area contributed by atoms with Crippen molar-refractivity contribution < 1.29 is 20.1 Å². The molecule has 0 saturated heterocycles. The largest absolute Gasteiger partial charge is 0.502 e. The average molecular weight is 545 g/mol. The number of benzene rings is 2. The molecule has 0 radical (unpaired) electrons. The molecule has 0 unspecified atom stereocenters. The van der Waals surface area contributed by atoms with E-state index in [0.29, 0.717) is 0 Å². The Morgan fingerprint density at radius 1 is 0.647 bits per heavy atom. The van der Waals surface area contributed by atoms with Crippen LogP contribution in [0.4, 0.5) is 11.4 Å². The van der Waals surface area contributed by atoms with Gasteiger partial charge in [-0.2, -0.15) is 23.5 Å². The first-order valence-electron chi connectivity index (χ1n) is 10.7. The summed E-state index contributed by atoms with van der Waals surface area (Å²) in [5, 5.41) is 40.7. The van der Waals surface area contributed by atoms with Crippen LogP contribution in [-0.4, -0.2) is 54.6 Å². The van der Waals surface area contributed by atoms with Crippen molar-refractivity contribution in [2.45, 2.75) is 25.7 Å². The molecule has 34 heavy (non-hydrogen) atoms. The smallest absolute Gasteiger partial charge is 0.310 e. The molecule has 0 aromatic heterocycles. The van der Waals surface area contributed by atoms with E-state index in [4.69, 9.17) is 0 Å². The van der Waals surface area contributed by atoms with Crippen molar-refractivity contribution in [2.75, 3.05) is 34.5 Å². The molecule has 0 heterocycles. The van der Waals surface area contributed by atoms with Crippen molar-refractivity contribution in [3.63, 3.8) is 0 Å². The van der Waals surface area contributed by atoms with Gasteiger partial charge in [0.25, 0.3) is 0 Å². The first-order chi connectivity index (χ1) is 16.4. The highest BCUT2D eigenvalue weighted by Crippen LogP contribution is 2.28. The van der Waals surface area contributed by atoms with Gasteiger partial charge in [-0.15, -0.1) is 0 Å². The van der Waals surface area contributed by atoms with Crippen LogP contribution in [0.1, 0.15) is 24.0 Å². The first kappa shape index (κ1) is 28.5. The fourth-order valence-electron chi connectivity index (χ4n) is 3.01. The number of phenols is 2. The number of hydrogen-bond acceptors (Lipinski definition) is 10. The van der Waals surface area contributed by atoms with Crippen LogP contribution in [-0.2, 0) is 12.8 Å². The van der Waals surface area contributed by atoms with E-state index in [1.165, 1.54) is 24.3 Å². The summed E-state index contributed by atoms with van der Waals surface area (Å²) in [5.41, 5.74) is 1.27. The maximum Gasteiger partial charge on any atom is 0.310 e. The molecule has 2 N–H and O–H groups in total. The molecule has 0 fully saturated rings. The predicted molar refractivity (Wildman–Crippen MR) is 146 cm³/mol. The fourth-order valence-corrected chi connectivity index (χ4v) is 7.77. The highest BCUT2D eigenvalue weighted by atomic mass is 33.1. The van der Waals surface area contributed by atoms with Crippen molar-refractivity contribution in [2.24, 2.45) is 0 Å². The summed E-state index contributed by atoms with van der Waals surface area (Å²) >= 11 is 3.76. The van der Waals surface area contributed by atoms with Gasteiger partial charge in [0.1, 0.15) is 0 Å². The summed E-state index contributed by atoms with van der Waals surface area (Å²) in [5.74, 6) is 5.70. The lowest BCUT2D eigenvalue weighted by Crippen LogP contribution is -1.94. The van der Waals surface area contributed by atoms with Crippen LogP contribution >= 0.6 is 45.1 Å². The van der Waals surface area contributed by atoms with Crippen molar-refractivity contribution in [1.82, 2.24) is 0 Å². The van der Waals surface area contributed by atoms with Crippen molar-refractivity contribution >= 4 is 56.5 Å². The number of nitrogens with zero attached hydrogens (tertiary/aromatic N) is 2. The average Bonchev–Trinajstić information content (AvgIpc) is 2.80. The molecule has 0 aliphatic heterocycles. The number of hydrogen-bond donors (Lipinski definition) is 2. The van der Waals surface area contributed by atoms with Crippen LogP contribution in [0.3, 0.4) is 0 Å². The van der Waals surface area contributed by atoms with E-state index in [1.54, 1.807) is 12.1 Å². The van der Waals surface area contributed by atoms with Crippen molar-refractivity contribution in [1.29, 1.82) is 0 Å². The van der Waals surface area contributed by atoms with E-state index in [0.717, 1.165) is 71.3 Å². The van der Waals surface area contributed by atoms with Crippen LogP contribution in [0.5, 0.6) is 11.5 Å². The lowest BCUT2D eigenvalue weighted by molar-refractivity contribution is -0.386. The Kier molecular flexibility index (Phi) is 13.4. The lowest BCUT2D eigenvalue weighted by Gasteiger charge is -2.05. The molecule has 186 valence electrons. The van der Waals surface area contributed by atoms with Crippen LogP contribution in [0.2, 0.25) is 0 Å². The molecule has 0 bridgehead atoms. The standard InChI is InChI=1S/C22H28N2O6S4/c25-21-7-5-17(15-19(21)23(27)28)3-1-9-31-11-13-33-34-14-12-32-10-2-4-18-6-8-22(26)20(16-18)24(29)30/h5-8,15-16,25-26H,1-4,9-14H2. The van der Waals surface area contributed by atoms with Gasteiger partial charge in [-0.1, -0.05) is 33.7 Å². The molecule has 2 aromatic carbocycles. The normalized spacial score (nSPS) is 10.9. The van der Waals surface area contributed by atoms with E-state index in [9.17, 15) is 30.4 Å². The maximum absolute atomic E-state index is 10.9. The summed E-state index contributed by atoms with van der Waals surface area (Å²) < 4.78 is 0. The molecule has 2 aromatic rings. The number of aromatic hydroxyl groups is 2. The summed E-state index contributed by atoms with van der Waals surface area (Å²) in [6.45, 7) is 0. The third-order valence-electron chi connectivity index (χ3n) is 4.69. The van der Waals surface area contributed by atoms with E-state index in [1.807, 2.05) is 45.1 Å². The zero-order valence-electron chi connectivity index (χ0n) is 18.6.